The summed E-state index contributed by atoms with van der Waals surface area (Å²) in [5.74, 6) is 0.875. The number of hydrogen-bond acceptors (Lipinski definition) is 4. The molecule has 0 atom stereocenters. The van der Waals surface area contributed by atoms with Gasteiger partial charge in [0.25, 0.3) is 0 Å². The second kappa shape index (κ2) is 9.23. The van der Waals surface area contributed by atoms with E-state index in [9.17, 15) is 0 Å². The van der Waals surface area contributed by atoms with Gasteiger partial charge in [-0.15, -0.1) is 11.3 Å². The van der Waals surface area contributed by atoms with Crippen LogP contribution in [-0.4, -0.2) is 37.7 Å². The van der Waals surface area contributed by atoms with E-state index >= 15 is 0 Å². The molecule has 2 N–H and O–H groups in total. The molecule has 1 aliphatic carbocycles. The van der Waals surface area contributed by atoms with Crippen LogP contribution in [0.3, 0.4) is 0 Å². The molecule has 5 nitrogen and oxygen atoms in total. The summed E-state index contributed by atoms with van der Waals surface area (Å²) >= 11 is 1.69. The summed E-state index contributed by atoms with van der Waals surface area (Å²) in [6.07, 6.45) is 6.38. The summed E-state index contributed by atoms with van der Waals surface area (Å²) in [7, 11) is 1.83. The molecule has 23 heavy (non-hydrogen) atoms. The van der Waals surface area contributed by atoms with Crippen molar-refractivity contribution in [2.75, 3.05) is 26.8 Å². The molecule has 0 saturated heterocycles. The Bertz CT molecular complexity index is 495. The van der Waals surface area contributed by atoms with Crippen LogP contribution in [0.25, 0.3) is 0 Å². The SMILES string of the molecule is CCOCCC1(CNC(=NC)NCc2scnc2C)CCCC1. The first-order chi connectivity index (χ1) is 11.2. The zero-order chi connectivity index (χ0) is 16.5. The largest absolute Gasteiger partial charge is 0.382 e. The molecule has 6 heteroatoms. The summed E-state index contributed by atoms with van der Waals surface area (Å²) in [4.78, 5) is 9.90. The zero-order valence-corrected chi connectivity index (χ0v) is 15.5. The topological polar surface area (TPSA) is 58.5 Å². The molecule has 130 valence electrons. The van der Waals surface area contributed by atoms with Gasteiger partial charge in [0.15, 0.2) is 5.96 Å². The molecule has 1 aromatic heterocycles. The normalized spacial score (nSPS) is 17.4. The fourth-order valence-corrected chi connectivity index (χ4v) is 3.94. The third-order valence-electron chi connectivity index (χ3n) is 4.76. The highest BCUT2D eigenvalue weighted by atomic mass is 32.1. The average molecular weight is 339 g/mol. The number of rotatable bonds is 8. The van der Waals surface area contributed by atoms with Crippen molar-refractivity contribution in [2.24, 2.45) is 10.4 Å². The lowest BCUT2D eigenvalue weighted by Crippen LogP contribution is -2.43. The molecule has 1 aromatic rings. The predicted octanol–water partition coefficient (Wildman–Crippen LogP) is 3.10. The molecule has 0 bridgehead atoms. The monoisotopic (exact) mass is 338 g/mol. The van der Waals surface area contributed by atoms with Crippen molar-refractivity contribution in [3.05, 3.63) is 16.1 Å². The first-order valence-corrected chi connectivity index (χ1v) is 9.48. The van der Waals surface area contributed by atoms with Crippen LogP contribution in [-0.2, 0) is 11.3 Å². The van der Waals surface area contributed by atoms with Gasteiger partial charge in [0.2, 0.25) is 0 Å². The van der Waals surface area contributed by atoms with Gasteiger partial charge in [0.05, 0.1) is 17.7 Å². The second-order valence-corrected chi connectivity index (χ2v) is 7.23. The van der Waals surface area contributed by atoms with Gasteiger partial charge in [0, 0.05) is 31.7 Å². The first-order valence-electron chi connectivity index (χ1n) is 8.60. The van der Waals surface area contributed by atoms with Gasteiger partial charge in [0.1, 0.15) is 0 Å². The van der Waals surface area contributed by atoms with Gasteiger partial charge in [-0.2, -0.15) is 0 Å². The van der Waals surface area contributed by atoms with Crippen molar-refractivity contribution in [3.8, 4) is 0 Å². The van der Waals surface area contributed by atoms with Gasteiger partial charge in [-0.3, -0.25) is 4.99 Å². The van der Waals surface area contributed by atoms with Crippen LogP contribution < -0.4 is 10.6 Å². The lowest BCUT2D eigenvalue weighted by Gasteiger charge is -2.30. The Hall–Kier alpha value is -1.14. The highest BCUT2D eigenvalue weighted by molar-refractivity contribution is 7.09. The number of nitrogens with one attached hydrogen (secondary N) is 2. The Morgan fingerprint density at radius 1 is 1.39 bits per heavy atom. The van der Waals surface area contributed by atoms with Crippen LogP contribution in [0.2, 0.25) is 0 Å². The molecule has 1 saturated carbocycles. The van der Waals surface area contributed by atoms with E-state index in [-0.39, 0.29) is 0 Å². The molecule has 1 aliphatic rings. The predicted molar refractivity (Wildman–Crippen MR) is 97.1 cm³/mol. The molecule has 0 unspecified atom stereocenters. The van der Waals surface area contributed by atoms with Crippen LogP contribution in [0.15, 0.2) is 10.5 Å². The molecule has 0 spiro atoms. The third-order valence-corrected chi connectivity index (χ3v) is 5.70. The molecule has 2 rings (SSSR count). The Kier molecular flexibility index (Phi) is 7.30. The molecule has 1 heterocycles. The molecule has 1 fully saturated rings. The van der Waals surface area contributed by atoms with E-state index in [1.54, 1.807) is 11.3 Å². The van der Waals surface area contributed by atoms with Gasteiger partial charge < -0.3 is 15.4 Å². The van der Waals surface area contributed by atoms with E-state index in [2.05, 4.69) is 27.5 Å². The highest BCUT2D eigenvalue weighted by Gasteiger charge is 2.33. The highest BCUT2D eigenvalue weighted by Crippen LogP contribution is 2.40. The Labute approximate surface area is 144 Å². The summed E-state index contributed by atoms with van der Waals surface area (Å²) in [6, 6.07) is 0. The summed E-state index contributed by atoms with van der Waals surface area (Å²) in [5.41, 5.74) is 3.36. The van der Waals surface area contributed by atoms with E-state index in [1.165, 1.54) is 30.6 Å². The average Bonchev–Trinajstić information content (AvgIpc) is 3.18. The zero-order valence-electron chi connectivity index (χ0n) is 14.7. The second-order valence-electron chi connectivity index (χ2n) is 6.29. The Morgan fingerprint density at radius 3 is 2.78 bits per heavy atom. The van der Waals surface area contributed by atoms with Crippen LogP contribution >= 0.6 is 11.3 Å². The third kappa shape index (κ3) is 5.46. The number of nitrogens with zero attached hydrogens (tertiary/aromatic N) is 2. The summed E-state index contributed by atoms with van der Waals surface area (Å²) in [6.45, 7) is 7.53. The van der Waals surface area contributed by atoms with E-state index < -0.39 is 0 Å². The van der Waals surface area contributed by atoms with Crippen LogP contribution in [0.5, 0.6) is 0 Å². The van der Waals surface area contributed by atoms with E-state index in [4.69, 9.17) is 4.74 Å². The van der Waals surface area contributed by atoms with E-state index in [0.29, 0.717) is 5.41 Å². The smallest absolute Gasteiger partial charge is 0.191 e. The molecule has 0 radical (unpaired) electrons. The summed E-state index contributed by atoms with van der Waals surface area (Å²) < 4.78 is 5.58. The van der Waals surface area contributed by atoms with Crippen LogP contribution in [0.4, 0.5) is 0 Å². The summed E-state index contributed by atoms with van der Waals surface area (Å²) in [5, 5.41) is 6.93. The van der Waals surface area contributed by atoms with Crippen molar-refractivity contribution in [2.45, 2.75) is 52.5 Å². The van der Waals surface area contributed by atoms with Gasteiger partial charge in [-0.25, -0.2) is 4.98 Å². The van der Waals surface area contributed by atoms with Gasteiger partial charge >= 0.3 is 0 Å². The number of aliphatic imine (C=N–C) groups is 1. The standard InChI is InChI=1S/C17H30N4OS/c1-4-22-10-9-17(7-5-6-8-17)12-20-16(18-3)19-11-15-14(2)21-13-23-15/h13H,4-12H2,1-3H3,(H2,18,19,20). The van der Waals surface area contributed by atoms with Crippen molar-refractivity contribution >= 4 is 17.3 Å². The van der Waals surface area contributed by atoms with E-state index in [0.717, 1.165) is 44.4 Å². The molecule has 0 amide bonds. The maximum atomic E-state index is 5.58. The maximum absolute atomic E-state index is 5.58. The molecular weight excluding hydrogens is 308 g/mol. The van der Waals surface area contributed by atoms with Crippen LogP contribution in [0.1, 0.15) is 49.6 Å². The number of thiazole rings is 1. The first kappa shape index (κ1) is 18.2. The minimum Gasteiger partial charge on any atom is -0.382 e. The lowest BCUT2D eigenvalue weighted by atomic mass is 9.83. The Morgan fingerprint density at radius 2 is 2.17 bits per heavy atom. The number of hydrogen-bond donors (Lipinski definition) is 2. The van der Waals surface area contributed by atoms with Gasteiger partial charge in [-0.1, -0.05) is 12.8 Å². The fourth-order valence-electron chi connectivity index (χ4n) is 3.22. The Balaban J connectivity index is 1.81. The quantitative estimate of drug-likeness (QED) is 0.434. The van der Waals surface area contributed by atoms with E-state index in [1.807, 2.05) is 19.5 Å². The van der Waals surface area contributed by atoms with Crippen LogP contribution in [0, 0.1) is 12.3 Å². The number of guanidine groups is 1. The number of ether oxygens (including phenoxy) is 1. The number of aryl methyl sites for hydroxylation is 1. The minimum atomic E-state index is 0.368. The van der Waals surface area contributed by atoms with Crippen molar-refractivity contribution in [1.82, 2.24) is 15.6 Å². The van der Waals surface area contributed by atoms with Crippen molar-refractivity contribution in [1.29, 1.82) is 0 Å². The molecule has 0 aromatic carbocycles. The van der Waals surface area contributed by atoms with Gasteiger partial charge in [-0.05, 0) is 38.5 Å². The van der Waals surface area contributed by atoms with Crippen molar-refractivity contribution < 1.29 is 4.74 Å². The minimum absolute atomic E-state index is 0.368. The molecule has 0 aliphatic heterocycles. The number of aromatic nitrogens is 1. The lowest BCUT2D eigenvalue weighted by molar-refractivity contribution is 0.105. The maximum Gasteiger partial charge on any atom is 0.191 e. The fraction of sp³-hybridized carbons (Fsp3) is 0.765. The molecular formula is C17H30N4OS. The van der Waals surface area contributed by atoms with Crippen molar-refractivity contribution in [3.63, 3.8) is 0 Å².